The quantitative estimate of drug-likeness (QED) is 0.581. The van der Waals surface area contributed by atoms with Crippen LogP contribution in [0.5, 0.6) is 0 Å². The van der Waals surface area contributed by atoms with Gasteiger partial charge in [-0.25, -0.2) is 0 Å². The molecule has 0 spiro atoms. The van der Waals surface area contributed by atoms with Gasteiger partial charge in [-0.2, -0.15) is 0 Å². The molecule has 1 aliphatic rings. The Morgan fingerprint density at radius 2 is 2.25 bits per heavy atom. The van der Waals surface area contributed by atoms with Gasteiger partial charge in [0.15, 0.2) is 0 Å². The molecule has 1 aliphatic heterocycles. The molecule has 0 amide bonds. The molecule has 1 rings (SSSR count). The van der Waals surface area contributed by atoms with Crippen LogP contribution in [-0.2, 0) is 4.74 Å². The maximum absolute atomic E-state index is 9.42. The molecule has 4 heteroatoms. The van der Waals surface area contributed by atoms with Gasteiger partial charge in [0.1, 0.15) is 0 Å². The molecule has 4 nitrogen and oxygen atoms in total. The number of rotatable bonds is 3. The zero-order valence-corrected chi connectivity index (χ0v) is 7.60. The summed E-state index contributed by atoms with van der Waals surface area (Å²) in [5.74, 6) is 0. The summed E-state index contributed by atoms with van der Waals surface area (Å²) in [6, 6.07) is 0.0413. The van der Waals surface area contributed by atoms with Crippen LogP contribution in [0.3, 0.4) is 0 Å². The van der Waals surface area contributed by atoms with Gasteiger partial charge in [0.05, 0.1) is 31.5 Å². The highest BCUT2D eigenvalue weighted by Crippen LogP contribution is 2.11. The van der Waals surface area contributed by atoms with Crippen molar-refractivity contribution in [2.75, 3.05) is 26.8 Å². The average molecular weight is 175 g/mol. The minimum atomic E-state index is -0.409. The maximum atomic E-state index is 9.42. The molecule has 72 valence electrons. The average Bonchev–Trinajstić information content (AvgIpc) is 2.33. The Hall–Kier alpha value is -0.160. The van der Waals surface area contributed by atoms with Gasteiger partial charge in [-0.05, 0) is 14.0 Å². The Kier molecular flexibility index (Phi) is 3.46. The first kappa shape index (κ1) is 9.92. The topological polar surface area (TPSA) is 52.9 Å². The first-order chi connectivity index (χ1) is 5.61. The van der Waals surface area contributed by atoms with Crippen LogP contribution in [-0.4, -0.2) is 60.2 Å². The van der Waals surface area contributed by atoms with E-state index in [2.05, 4.69) is 0 Å². The number of likely N-dealkylation sites (N-methyl/N-ethyl adjacent to an activating group) is 1. The Bertz CT molecular complexity index is 140. The first-order valence-corrected chi connectivity index (χ1v) is 4.25. The summed E-state index contributed by atoms with van der Waals surface area (Å²) in [5.41, 5.74) is 0. The molecule has 0 aliphatic carbocycles. The fraction of sp³-hybridized carbons (Fsp3) is 1.00. The molecule has 1 saturated heterocycles. The van der Waals surface area contributed by atoms with Crippen molar-refractivity contribution in [1.29, 1.82) is 0 Å². The van der Waals surface area contributed by atoms with E-state index in [0.717, 1.165) is 0 Å². The molecule has 0 aromatic heterocycles. The van der Waals surface area contributed by atoms with Crippen molar-refractivity contribution in [2.24, 2.45) is 0 Å². The molecule has 1 unspecified atom stereocenters. The van der Waals surface area contributed by atoms with E-state index in [-0.39, 0.29) is 12.1 Å². The summed E-state index contributed by atoms with van der Waals surface area (Å²) in [7, 11) is 1.88. The van der Waals surface area contributed by atoms with Gasteiger partial charge in [0.25, 0.3) is 0 Å². The van der Waals surface area contributed by atoms with Crippen molar-refractivity contribution in [2.45, 2.75) is 25.2 Å². The Labute approximate surface area is 72.7 Å². The van der Waals surface area contributed by atoms with Crippen LogP contribution in [0.15, 0.2) is 0 Å². The molecule has 2 N–H and O–H groups in total. The molecule has 1 fully saturated rings. The van der Waals surface area contributed by atoms with Crippen LogP contribution < -0.4 is 0 Å². The van der Waals surface area contributed by atoms with Crippen LogP contribution in [0.2, 0.25) is 0 Å². The van der Waals surface area contributed by atoms with Crippen molar-refractivity contribution < 1.29 is 14.9 Å². The molecule has 1 heterocycles. The van der Waals surface area contributed by atoms with Gasteiger partial charge in [0, 0.05) is 6.54 Å². The highest BCUT2D eigenvalue weighted by Gasteiger charge is 2.29. The highest BCUT2D eigenvalue weighted by molar-refractivity contribution is 4.82. The smallest absolute Gasteiger partial charge is 0.0950 e. The van der Waals surface area contributed by atoms with E-state index >= 15 is 0 Å². The maximum Gasteiger partial charge on any atom is 0.0950 e. The monoisotopic (exact) mass is 175 g/mol. The van der Waals surface area contributed by atoms with E-state index in [1.807, 2.05) is 11.9 Å². The third-order valence-electron chi connectivity index (χ3n) is 2.14. The number of aliphatic hydroxyl groups excluding tert-OH is 2. The molecule has 0 aromatic carbocycles. The van der Waals surface area contributed by atoms with Gasteiger partial charge < -0.3 is 14.9 Å². The van der Waals surface area contributed by atoms with E-state index in [1.54, 1.807) is 6.92 Å². The van der Waals surface area contributed by atoms with Crippen LogP contribution in [0.4, 0.5) is 0 Å². The molecule has 0 saturated carbocycles. The normalized spacial score (nSPS) is 32.8. The molecule has 0 bridgehead atoms. The second kappa shape index (κ2) is 4.18. The molecule has 3 atom stereocenters. The minimum Gasteiger partial charge on any atom is -0.392 e. The predicted molar refractivity (Wildman–Crippen MR) is 44.9 cm³/mol. The van der Waals surface area contributed by atoms with Gasteiger partial charge in [-0.1, -0.05) is 0 Å². The van der Waals surface area contributed by atoms with Gasteiger partial charge in [-0.15, -0.1) is 0 Å². The molecule has 12 heavy (non-hydrogen) atoms. The lowest BCUT2D eigenvalue weighted by Gasteiger charge is -2.26. The first-order valence-electron chi connectivity index (χ1n) is 4.25. The second-order valence-corrected chi connectivity index (χ2v) is 3.46. The zero-order chi connectivity index (χ0) is 9.14. The highest BCUT2D eigenvalue weighted by atomic mass is 16.5. The largest absolute Gasteiger partial charge is 0.392 e. The summed E-state index contributed by atoms with van der Waals surface area (Å²) >= 11 is 0. The Morgan fingerprint density at radius 1 is 1.58 bits per heavy atom. The number of hydrogen-bond donors (Lipinski definition) is 2. The summed E-state index contributed by atoms with van der Waals surface area (Å²) in [6.07, 6.45) is -0.767. The summed E-state index contributed by atoms with van der Waals surface area (Å²) in [4.78, 5) is 1.93. The predicted octanol–water partition coefficient (Wildman–Crippen LogP) is -0.941. The number of aliphatic hydroxyl groups is 2. The summed E-state index contributed by atoms with van der Waals surface area (Å²) in [5, 5.41) is 18.5. The fourth-order valence-electron chi connectivity index (χ4n) is 1.50. The van der Waals surface area contributed by atoms with Crippen LogP contribution in [0, 0.1) is 0 Å². The Morgan fingerprint density at radius 3 is 2.67 bits per heavy atom. The number of ether oxygens (including phenoxy) is 1. The van der Waals surface area contributed by atoms with Crippen molar-refractivity contribution >= 4 is 0 Å². The molecular weight excluding hydrogens is 158 g/mol. The van der Waals surface area contributed by atoms with Crippen molar-refractivity contribution in [3.8, 4) is 0 Å². The standard InChI is InChI=1S/C8H17NO3/c1-6(10)3-9(2)7-4-12-5-8(7)11/h6-8,10-11H,3-5H2,1-2H3/t6-,7?,8-/m1/s1. The van der Waals surface area contributed by atoms with Crippen molar-refractivity contribution in [3.63, 3.8) is 0 Å². The summed E-state index contributed by atoms with van der Waals surface area (Å²) in [6.45, 7) is 3.28. The third-order valence-corrected chi connectivity index (χ3v) is 2.14. The lowest BCUT2D eigenvalue weighted by molar-refractivity contribution is 0.0657. The van der Waals surface area contributed by atoms with Crippen molar-refractivity contribution in [1.82, 2.24) is 4.90 Å². The lowest BCUT2D eigenvalue weighted by Crippen LogP contribution is -2.43. The van der Waals surface area contributed by atoms with Crippen molar-refractivity contribution in [3.05, 3.63) is 0 Å². The van der Waals surface area contributed by atoms with Crippen LogP contribution >= 0.6 is 0 Å². The summed E-state index contributed by atoms with van der Waals surface area (Å²) < 4.78 is 5.10. The Balaban J connectivity index is 2.35. The SMILES string of the molecule is C[C@@H](O)CN(C)C1COC[C@H]1O. The number of nitrogens with zero attached hydrogens (tertiary/aromatic N) is 1. The van der Waals surface area contributed by atoms with Gasteiger partial charge in [-0.3, -0.25) is 4.90 Å². The zero-order valence-electron chi connectivity index (χ0n) is 7.60. The third kappa shape index (κ3) is 2.42. The van der Waals surface area contributed by atoms with E-state index in [9.17, 15) is 5.11 Å². The van der Waals surface area contributed by atoms with Gasteiger partial charge >= 0.3 is 0 Å². The van der Waals surface area contributed by atoms with Crippen LogP contribution in [0.25, 0.3) is 0 Å². The fourth-order valence-corrected chi connectivity index (χ4v) is 1.50. The molecule has 0 radical (unpaired) electrons. The van der Waals surface area contributed by atoms with E-state index in [4.69, 9.17) is 9.84 Å². The lowest BCUT2D eigenvalue weighted by atomic mass is 10.2. The van der Waals surface area contributed by atoms with E-state index in [1.165, 1.54) is 0 Å². The molecule has 0 aromatic rings. The number of hydrogen-bond acceptors (Lipinski definition) is 4. The van der Waals surface area contributed by atoms with Crippen LogP contribution in [0.1, 0.15) is 6.92 Å². The van der Waals surface area contributed by atoms with Gasteiger partial charge in [0.2, 0.25) is 0 Å². The minimum absolute atomic E-state index is 0.0413. The molecular formula is C8H17NO3. The van der Waals surface area contributed by atoms with E-state index in [0.29, 0.717) is 19.8 Å². The second-order valence-electron chi connectivity index (χ2n) is 3.46. The van der Waals surface area contributed by atoms with E-state index < -0.39 is 6.10 Å².